The Morgan fingerprint density at radius 1 is 1.03 bits per heavy atom. The van der Waals surface area contributed by atoms with Gasteiger partial charge in [0.25, 0.3) is 5.91 Å². The average Bonchev–Trinajstić information content (AvgIpc) is 3.34. The van der Waals surface area contributed by atoms with Gasteiger partial charge in [-0.2, -0.15) is 0 Å². The monoisotopic (exact) mass is 529 g/mol. The smallest absolute Gasteiger partial charge is 0.251 e. The van der Waals surface area contributed by atoms with Crippen LogP contribution in [0.2, 0.25) is 0 Å². The first-order chi connectivity index (χ1) is 18.8. The van der Waals surface area contributed by atoms with E-state index in [2.05, 4.69) is 29.7 Å². The number of aliphatic hydroxyl groups is 1. The number of nitrogens with one attached hydrogen (secondary N) is 2. The predicted molar refractivity (Wildman–Crippen MR) is 154 cm³/mol. The van der Waals surface area contributed by atoms with Crippen LogP contribution in [0.5, 0.6) is 5.75 Å². The number of aryl methyl sites for hydroxylation is 1. The first-order valence-electron chi connectivity index (χ1n) is 13.7. The van der Waals surface area contributed by atoms with Gasteiger partial charge >= 0.3 is 0 Å². The number of ether oxygens (including phenoxy) is 1. The van der Waals surface area contributed by atoms with Gasteiger partial charge in [-0.3, -0.25) is 9.59 Å². The zero-order chi connectivity index (χ0) is 27.8. The second-order valence-corrected chi connectivity index (χ2v) is 10.5. The number of nitrogens with zero attached hydrogens (tertiary/aromatic N) is 1. The Labute approximate surface area is 231 Å². The summed E-state index contributed by atoms with van der Waals surface area (Å²) >= 11 is 0. The summed E-state index contributed by atoms with van der Waals surface area (Å²) in [5.74, 6) is 0.253. The minimum absolute atomic E-state index is 0.0418. The van der Waals surface area contributed by atoms with Crippen molar-refractivity contribution in [1.29, 1.82) is 0 Å². The lowest BCUT2D eigenvalue weighted by Crippen LogP contribution is -2.48. The number of anilines is 1. The number of benzene rings is 3. The van der Waals surface area contributed by atoms with Crippen molar-refractivity contribution in [2.45, 2.75) is 64.8 Å². The van der Waals surface area contributed by atoms with E-state index in [0.717, 1.165) is 17.5 Å². The quantitative estimate of drug-likeness (QED) is 0.324. The van der Waals surface area contributed by atoms with Crippen LogP contribution in [0.4, 0.5) is 5.69 Å². The van der Waals surface area contributed by atoms with Gasteiger partial charge in [-0.25, -0.2) is 0 Å². The molecule has 0 aliphatic carbocycles. The number of hydrogen-bond donors (Lipinski definition) is 3. The highest BCUT2D eigenvalue weighted by atomic mass is 16.5. The molecule has 7 heteroatoms. The third kappa shape index (κ3) is 8.15. The third-order valence-corrected chi connectivity index (χ3v) is 6.75. The SMILES string of the molecule is Cc1cccc(CNC[C@H](O)[C@H](Cc2ccccc2)NC(=O)c2cc(OC(C)C)cc(N3CCCC3=O)c2)c1. The molecule has 4 rings (SSSR count). The van der Waals surface area contributed by atoms with Gasteiger partial charge in [0.2, 0.25) is 5.91 Å². The van der Waals surface area contributed by atoms with E-state index in [9.17, 15) is 14.7 Å². The number of carbonyl (C=O) groups excluding carboxylic acids is 2. The van der Waals surface area contributed by atoms with Crippen LogP contribution in [0.1, 0.15) is 53.7 Å². The van der Waals surface area contributed by atoms with Gasteiger partial charge in [-0.15, -0.1) is 0 Å². The lowest BCUT2D eigenvalue weighted by molar-refractivity contribution is -0.117. The van der Waals surface area contributed by atoms with Gasteiger partial charge in [0.05, 0.1) is 18.2 Å². The molecule has 3 N–H and O–H groups in total. The molecule has 0 saturated carbocycles. The standard InChI is InChI=1S/C32H39N3O4/c1-22(2)39-28-18-26(17-27(19-28)35-14-8-13-31(35)37)32(38)34-29(16-24-10-5-4-6-11-24)30(36)21-33-20-25-12-7-9-23(3)15-25/h4-7,9-12,15,17-19,22,29-30,33,36H,8,13-14,16,20-21H2,1-3H3,(H,34,38)/t29-,30-/m0/s1. The molecule has 2 amide bonds. The third-order valence-electron chi connectivity index (χ3n) is 6.75. The van der Waals surface area contributed by atoms with E-state index in [-0.39, 0.29) is 17.9 Å². The van der Waals surface area contributed by atoms with Crippen molar-refractivity contribution in [3.63, 3.8) is 0 Å². The average molecular weight is 530 g/mol. The van der Waals surface area contributed by atoms with E-state index in [4.69, 9.17) is 4.74 Å². The van der Waals surface area contributed by atoms with Crippen molar-refractivity contribution >= 4 is 17.5 Å². The van der Waals surface area contributed by atoms with E-state index in [1.165, 1.54) is 5.56 Å². The lowest BCUT2D eigenvalue weighted by atomic mass is 10.00. The van der Waals surface area contributed by atoms with Crippen LogP contribution in [0.25, 0.3) is 0 Å². The van der Waals surface area contributed by atoms with Gasteiger partial charge in [0.1, 0.15) is 5.75 Å². The van der Waals surface area contributed by atoms with Crippen LogP contribution in [0.3, 0.4) is 0 Å². The molecule has 0 radical (unpaired) electrons. The van der Waals surface area contributed by atoms with Crippen LogP contribution in [-0.2, 0) is 17.8 Å². The summed E-state index contributed by atoms with van der Waals surface area (Å²) in [5.41, 5.74) is 4.38. The Balaban J connectivity index is 1.52. The summed E-state index contributed by atoms with van der Waals surface area (Å²) in [7, 11) is 0. The second-order valence-electron chi connectivity index (χ2n) is 10.5. The Morgan fingerprint density at radius 3 is 2.49 bits per heavy atom. The summed E-state index contributed by atoms with van der Waals surface area (Å²) in [4.78, 5) is 27.7. The fourth-order valence-electron chi connectivity index (χ4n) is 4.86. The van der Waals surface area contributed by atoms with Gasteiger partial charge in [0.15, 0.2) is 0 Å². The summed E-state index contributed by atoms with van der Waals surface area (Å²) in [6, 6.07) is 22.7. The lowest BCUT2D eigenvalue weighted by Gasteiger charge is -2.26. The zero-order valence-corrected chi connectivity index (χ0v) is 23.0. The first-order valence-corrected chi connectivity index (χ1v) is 13.7. The van der Waals surface area contributed by atoms with Crippen molar-refractivity contribution < 1.29 is 19.4 Å². The maximum atomic E-state index is 13.6. The molecule has 3 aromatic carbocycles. The van der Waals surface area contributed by atoms with Crippen molar-refractivity contribution in [3.8, 4) is 5.75 Å². The minimum Gasteiger partial charge on any atom is -0.491 e. The van der Waals surface area contributed by atoms with Crippen molar-refractivity contribution in [2.24, 2.45) is 0 Å². The van der Waals surface area contributed by atoms with Crippen LogP contribution in [0.15, 0.2) is 72.8 Å². The molecule has 39 heavy (non-hydrogen) atoms. The van der Waals surface area contributed by atoms with Crippen molar-refractivity contribution in [1.82, 2.24) is 10.6 Å². The highest BCUT2D eigenvalue weighted by Gasteiger charge is 2.26. The van der Waals surface area contributed by atoms with E-state index < -0.39 is 12.1 Å². The molecule has 206 valence electrons. The Morgan fingerprint density at radius 2 is 1.79 bits per heavy atom. The van der Waals surface area contributed by atoms with Crippen LogP contribution < -0.4 is 20.3 Å². The molecule has 0 unspecified atom stereocenters. The molecule has 1 aliphatic rings. The molecule has 3 aromatic rings. The molecule has 1 fully saturated rings. The number of hydrogen-bond acceptors (Lipinski definition) is 5. The van der Waals surface area contributed by atoms with Gasteiger partial charge in [-0.05, 0) is 56.9 Å². The fraction of sp³-hybridized carbons (Fsp3) is 0.375. The zero-order valence-electron chi connectivity index (χ0n) is 23.0. The molecule has 1 aliphatic heterocycles. The van der Waals surface area contributed by atoms with E-state index in [1.807, 2.05) is 62.4 Å². The Hall–Kier alpha value is -3.68. The normalized spacial score (nSPS) is 14.9. The highest BCUT2D eigenvalue weighted by molar-refractivity contribution is 5.99. The maximum Gasteiger partial charge on any atom is 0.251 e. The summed E-state index contributed by atoms with van der Waals surface area (Å²) in [6.07, 6.45) is 0.847. The van der Waals surface area contributed by atoms with Crippen molar-refractivity contribution in [3.05, 3.63) is 95.1 Å². The van der Waals surface area contributed by atoms with Crippen LogP contribution in [0, 0.1) is 6.92 Å². The molecule has 0 bridgehead atoms. The predicted octanol–water partition coefficient (Wildman–Crippen LogP) is 4.40. The first kappa shape index (κ1) is 28.3. The molecule has 1 saturated heterocycles. The largest absolute Gasteiger partial charge is 0.491 e. The van der Waals surface area contributed by atoms with E-state index in [0.29, 0.717) is 49.5 Å². The maximum absolute atomic E-state index is 13.6. The van der Waals surface area contributed by atoms with Crippen LogP contribution in [-0.4, -0.2) is 48.3 Å². The molecule has 1 heterocycles. The van der Waals surface area contributed by atoms with Crippen LogP contribution >= 0.6 is 0 Å². The number of rotatable bonds is 12. The molecule has 2 atom stereocenters. The van der Waals surface area contributed by atoms with Gasteiger partial charge in [-0.1, -0.05) is 60.2 Å². The topological polar surface area (TPSA) is 90.9 Å². The van der Waals surface area contributed by atoms with Gasteiger partial charge < -0.3 is 25.4 Å². The van der Waals surface area contributed by atoms with Gasteiger partial charge in [0, 0.05) is 43.4 Å². The fourth-order valence-corrected chi connectivity index (χ4v) is 4.86. The highest BCUT2D eigenvalue weighted by Crippen LogP contribution is 2.28. The molecular weight excluding hydrogens is 490 g/mol. The second kappa shape index (κ2) is 13.4. The summed E-state index contributed by atoms with van der Waals surface area (Å²) in [5, 5.41) is 17.6. The number of aliphatic hydroxyl groups excluding tert-OH is 1. The van der Waals surface area contributed by atoms with E-state index >= 15 is 0 Å². The Bertz CT molecular complexity index is 1260. The summed E-state index contributed by atoms with van der Waals surface area (Å²) in [6.45, 7) is 7.44. The van der Waals surface area contributed by atoms with Crippen molar-refractivity contribution in [2.75, 3.05) is 18.0 Å². The Kier molecular flexibility index (Phi) is 9.74. The minimum atomic E-state index is -0.825. The molecule has 0 spiro atoms. The summed E-state index contributed by atoms with van der Waals surface area (Å²) < 4.78 is 5.91. The van der Waals surface area contributed by atoms with E-state index in [1.54, 1.807) is 17.0 Å². The number of carbonyl (C=O) groups is 2. The molecular formula is C32H39N3O4. The molecule has 7 nitrogen and oxygen atoms in total. The molecule has 0 aromatic heterocycles. The number of amides is 2.